The van der Waals surface area contributed by atoms with Gasteiger partial charge in [-0.1, -0.05) is 109 Å². The summed E-state index contributed by atoms with van der Waals surface area (Å²) in [6, 6.07) is 45.8. The normalized spacial score (nSPS) is 19.0. The second-order valence-electron chi connectivity index (χ2n) is 22.7. The van der Waals surface area contributed by atoms with E-state index in [0.717, 1.165) is 28.8 Å². The highest BCUT2D eigenvalue weighted by atomic mass is 19.1. The van der Waals surface area contributed by atoms with Crippen molar-refractivity contribution in [2.75, 3.05) is 62.8 Å². The smallest absolute Gasteiger partial charge is 0.410 e. The number of nitrogens with zero attached hydrogens (tertiary/aromatic N) is 5. The summed E-state index contributed by atoms with van der Waals surface area (Å²) in [7, 11) is -1.00. The van der Waals surface area contributed by atoms with Gasteiger partial charge in [-0.25, -0.2) is 24.5 Å². The molecule has 12 rings (SSSR count). The number of hydrogen-bond acceptors (Lipinski definition) is 15. The summed E-state index contributed by atoms with van der Waals surface area (Å²) >= 11 is 0. The number of nitrogens with two attached hydrogens (primary N) is 1. The van der Waals surface area contributed by atoms with Crippen molar-refractivity contribution in [3.63, 3.8) is 0 Å². The first-order valence-electron chi connectivity index (χ1n) is 28.7. The number of benzene rings is 6. The Morgan fingerprint density at radius 3 is 1.36 bits per heavy atom. The highest BCUT2D eigenvalue weighted by Gasteiger charge is 2.43. The Labute approximate surface area is 498 Å². The van der Waals surface area contributed by atoms with Crippen molar-refractivity contribution < 1.29 is 57.6 Å². The molecule has 0 radical (unpaired) electrons. The van der Waals surface area contributed by atoms with Crippen LogP contribution in [-0.2, 0) is 23.9 Å². The van der Waals surface area contributed by atoms with Crippen LogP contribution in [0.5, 0.6) is 0 Å². The van der Waals surface area contributed by atoms with E-state index in [-0.39, 0.29) is 48.6 Å². The number of hydrogen-bond donors (Lipinski definition) is 5. The second kappa shape index (κ2) is 28.3. The number of carbonyl (C=O) groups excluding carboxylic acids is 4. The van der Waals surface area contributed by atoms with E-state index in [4.69, 9.17) is 29.8 Å². The topological polar surface area (TPSA) is 271 Å². The third kappa shape index (κ3) is 16.0. The summed E-state index contributed by atoms with van der Waals surface area (Å²) in [4.78, 5) is 77.7. The first-order valence-corrected chi connectivity index (χ1v) is 27.9. The number of halogens is 1. The van der Waals surface area contributed by atoms with Crippen LogP contribution >= 0.6 is 0 Å². The quantitative estimate of drug-likeness (QED) is 0.0885. The maximum Gasteiger partial charge on any atom is 0.410 e. The van der Waals surface area contributed by atoms with Crippen molar-refractivity contribution in [2.45, 2.75) is 70.5 Å². The molecule has 0 aliphatic carbocycles. The Kier molecular flexibility index (Phi) is 20.1. The number of likely N-dealkylation sites (tertiary alicyclic amines) is 2. The Morgan fingerprint density at radius 2 is 0.930 bits per heavy atom. The zero-order valence-corrected chi connectivity index (χ0v) is 48.7. The van der Waals surface area contributed by atoms with Gasteiger partial charge in [-0.15, -0.1) is 0 Å². The average Bonchev–Trinajstić information content (AvgIpc) is 4.04. The Morgan fingerprint density at radius 1 is 0.547 bits per heavy atom. The third-order valence-corrected chi connectivity index (χ3v) is 14.5. The van der Waals surface area contributed by atoms with Gasteiger partial charge in [0.15, 0.2) is 35.9 Å². The van der Waals surface area contributed by atoms with Gasteiger partial charge in [0.25, 0.3) is 0 Å². The van der Waals surface area contributed by atoms with Gasteiger partial charge in [-0.2, -0.15) is 0 Å². The maximum atomic E-state index is 13.3. The van der Waals surface area contributed by atoms with Crippen molar-refractivity contribution in [3.05, 3.63) is 181 Å². The number of fused-ring (bicyclic) bond motifs is 3. The monoisotopic (exact) mass is 1170 g/mol. The SMILES string of the molecule is CC(C)(C)OC(=O)N1C[C@H](C(=O)Nc2cccc3ocnc23)[C@@H](c2ccccc2)C1.CC(C)(C)OC(=O)N1C[C@H](C(=O)O)[C@@H](c2ccccc2)C1.Nc1cccc2ocnc12.O=C(Nc1cccc2ocnc12)[C@H]1CNC[C@@H]1c1ccccc1.[2H]CF. The molecule has 6 N–H and O–H groups in total. The Balaban J connectivity index is 0.000000155. The average molecular weight is 1180 g/mol. The summed E-state index contributed by atoms with van der Waals surface area (Å²) in [6.45, 7) is 13.6. The molecule has 3 aliphatic heterocycles. The molecule has 450 valence electrons. The molecular weight excluding hydrogens is 1100 g/mol. The van der Waals surface area contributed by atoms with Crippen molar-refractivity contribution in [1.29, 1.82) is 0 Å². The van der Waals surface area contributed by atoms with Crippen LogP contribution in [0.25, 0.3) is 33.3 Å². The number of amides is 4. The van der Waals surface area contributed by atoms with Gasteiger partial charge >= 0.3 is 18.2 Å². The van der Waals surface area contributed by atoms with Crippen LogP contribution in [-0.4, -0.2) is 117 Å². The lowest BCUT2D eigenvalue weighted by atomic mass is 9.88. The zero-order chi connectivity index (χ0) is 62.3. The minimum atomic E-state index is -1.00. The number of ether oxygens (including phenoxy) is 2. The summed E-state index contributed by atoms with van der Waals surface area (Å²) in [5.74, 6) is -2.28. The summed E-state index contributed by atoms with van der Waals surface area (Å²) in [5.41, 5.74) is 13.5. The van der Waals surface area contributed by atoms with Crippen LogP contribution in [0.4, 0.5) is 31.0 Å². The molecule has 86 heavy (non-hydrogen) atoms. The number of aromatic nitrogens is 3. The van der Waals surface area contributed by atoms with Crippen LogP contribution in [0.2, 0.25) is 0 Å². The first-order chi connectivity index (χ1) is 41.7. The number of carboxylic acid groups (broad SMARTS) is 1. The second-order valence-corrected chi connectivity index (χ2v) is 22.7. The molecule has 9 aromatic rings. The van der Waals surface area contributed by atoms with Crippen LogP contribution in [0.1, 0.15) is 77.4 Å². The van der Waals surface area contributed by atoms with E-state index in [1.54, 1.807) is 49.9 Å². The highest BCUT2D eigenvalue weighted by Crippen LogP contribution is 2.37. The molecule has 3 aliphatic rings. The van der Waals surface area contributed by atoms with Gasteiger partial charge in [-0.3, -0.25) is 18.8 Å². The van der Waals surface area contributed by atoms with Crippen molar-refractivity contribution >= 4 is 80.3 Å². The summed E-state index contributed by atoms with van der Waals surface area (Å²) in [6.07, 6.45) is 3.28. The number of oxazole rings is 3. The zero-order valence-electron chi connectivity index (χ0n) is 49.7. The molecule has 6 atom stereocenters. The molecule has 0 saturated carbocycles. The molecule has 3 saturated heterocycles. The highest BCUT2D eigenvalue weighted by molar-refractivity contribution is 6.01. The van der Waals surface area contributed by atoms with Gasteiger partial charge < -0.3 is 59.3 Å². The minimum absolute atomic E-state index is 0.0133. The minimum Gasteiger partial charge on any atom is -0.481 e. The number of nitrogen functional groups attached to an aromatic ring is 1. The van der Waals surface area contributed by atoms with E-state index in [0.29, 0.717) is 58.9 Å². The van der Waals surface area contributed by atoms with E-state index >= 15 is 0 Å². The van der Waals surface area contributed by atoms with Crippen molar-refractivity contribution in [3.8, 4) is 0 Å². The van der Waals surface area contributed by atoms with E-state index in [2.05, 4.69) is 43.0 Å². The van der Waals surface area contributed by atoms with E-state index in [1.165, 1.54) is 29.6 Å². The standard InChI is InChI=1S/C23H25N3O4.C18H17N3O2.C16H21NO4.C7H6N2O.CH3F/c1-23(2,3)30-22(28)26-12-16(15-8-5-4-6-9-15)17(13-26)21(27)25-18-10-7-11-19-20(18)24-14-29-19;22-18(21-15-7-4-8-16-17(15)20-11-23-16)14-10-19-9-13(14)12-5-2-1-3-6-12;1-16(2,3)21-15(20)17-9-12(13(10-17)14(18)19)11-7-5-4-6-8-11;8-5-2-1-3-6-7(5)9-4-10-6;1-2/h4-11,14,16-17H,12-13H2,1-3H3,(H,25,27);1-8,11,13-14,19H,9-10H2,(H,21,22);4-8,12-13H,9-10H2,1-3H3,(H,18,19);1-4H,8H2;1H3/t16-,17+;13-,14+;12-,13+;;/m111../s1/i;;;;1D. The van der Waals surface area contributed by atoms with E-state index < -0.39 is 48.3 Å². The van der Waals surface area contributed by atoms with E-state index in [1.807, 2.05) is 130 Å². The number of carbonyl (C=O) groups is 5. The van der Waals surface area contributed by atoms with Gasteiger partial charge in [0.05, 0.1) is 43.3 Å². The van der Waals surface area contributed by atoms with Gasteiger partial charge in [0.2, 0.25) is 11.8 Å². The van der Waals surface area contributed by atoms with Crippen molar-refractivity contribution in [2.24, 2.45) is 17.8 Å². The number of alkyl halides is 1. The number of nitrogens with one attached hydrogen (secondary N) is 3. The Bertz CT molecular complexity index is 3720. The largest absolute Gasteiger partial charge is 0.481 e. The third-order valence-electron chi connectivity index (χ3n) is 14.5. The lowest BCUT2D eigenvalue weighted by molar-refractivity contribution is -0.141. The molecule has 0 spiro atoms. The summed E-state index contributed by atoms with van der Waals surface area (Å²) in [5, 5.41) is 18.7. The number of anilines is 3. The van der Waals surface area contributed by atoms with Gasteiger partial charge in [-0.05, 0) is 94.6 Å². The summed E-state index contributed by atoms with van der Waals surface area (Å²) < 4.78 is 42.0. The predicted octanol–water partition coefficient (Wildman–Crippen LogP) is 11.9. The molecule has 21 heteroatoms. The fourth-order valence-electron chi connectivity index (χ4n) is 10.5. The Hall–Kier alpha value is -9.63. The molecule has 20 nitrogen and oxygen atoms in total. The molecule has 6 aromatic carbocycles. The fraction of sp³-hybridized carbons (Fsp3) is 0.323. The van der Waals surface area contributed by atoms with Crippen LogP contribution in [0, 0.1) is 17.8 Å². The van der Waals surface area contributed by atoms with E-state index in [9.17, 15) is 33.5 Å². The maximum absolute atomic E-state index is 13.3. The lowest BCUT2D eigenvalue weighted by Crippen LogP contribution is -2.36. The fourth-order valence-corrected chi connectivity index (χ4v) is 10.5. The first kappa shape index (κ1) is 60.9. The van der Waals surface area contributed by atoms with Gasteiger partial charge in [0.1, 0.15) is 27.8 Å². The molecule has 0 bridgehead atoms. The predicted molar refractivity (Wildman–Crippen MR) is 325 cm³/mol. The van der Waals surface area contributed by atoms with Crippen molar-refractivity contribution in [1.82, 2.24) is 30.1 Å². The lowest BCUT2D eigenvalue weighted by Gasteiger charge is -2.24. The molecule has 6 heterocycles. The number of rotatable bonds is 8. The van der Waals surface area contributed by atoms with Crippen LogP contribution in [0.3, 0.4) is 0 Å². The van der Waals surface area contributed by atoms with Crippen LogP contribution < -0.4 is 21.7 Å². The molecule has 4 amide bonds. The molecule has 3 fully saturated rings. The number of carboxylic acids is 1. The number of aliphatic carboxylic acids is 1. The molecule has 0 unspecified atom stereocenters. The molecule has 3 aromatic heterocycles. The van der Waals surface area contributed by atoms with Gasteiger partial charge in [0, 0.05) is 57.0 Å². The number of para-hydroxylation sites is 3. The van der Waals surface area contributed by atoms with Crippen LogP contribution in [0.15, 0.2) is 178 Å². The molecular formula is C65H72FN9O11.